The lowest BCUT2D eigenvalue weighted by atomic mass is 10.1. The Hall–Kier alpha value is -1.36. The van der Waals surface area contributed by atoms with E-state index in [1.54, 1.807) is 12.4 Å². The van der Waals surface area contributed by atoms with Gasteiger partial charge in [0, 0.05) is 11.8 Å². The Morgan fingerprint density at radius 3 is 3.00 bits per heavy atom. The van der Waals surface area contributed by atoms with Gasteiger partial charge in [-0.2, -0.15) is 5.10 Å². The van der Waals surface area contributed by atoms with Crippen molar-refractivity contribution in [2.75, 3.05) is 0 Å². The molecule has 0 fully saturated rings. The molecule has 0 radical (unpaired) electrons. The average Bonchev–Trinajstić information content (AvgIpc) is 2.69. The molecule has 4 N–H and O–H groups in total. The van der Waals surface area contributed by atoms with Crippen molar-refractivity contribution in [3.05, 3.63) is 18.0 Å². The molecule has 0 aliphatic carbocycles. The van der Waals surface area contributed by atoms with Gasteiger partial charge in [0.25, 0.3) is 0 Å². The van der Waals surface area contributed by atoms with Gasteiger partial charge in [-0.05, 0) is 13.3 Å². The van der Waals surface area contributed by atoms with Crippen molar-refractivity contribution in [3.63, 3.8) is 0 Å². The Labute approximate surface area is 83.1 Å². The Morgan fingerprint density at radius 2 is 2.50 bits per heavy atom. The normalized spacial score (nSPS) is 14.8. The van der Waals surface area contributed by atoms with E-state index in [1.807, 2.05) is 13.8 Å². The van der Waals surface area contributed by atoms with Crippen molar-refractivity contribution in [2.45, 2.75) is 32.4 Å². The van der Waals surface area contributed by atoms with E-state index in [0.717, 1.165) is 5.56 Å². The number of aromatic amines is 1. The van der Waals surface area contributed by atoms with E-state index in [2.05, 4.69) is 15.5 Å². The van der Waals surface area contributed by atoms with Crippen LogP contribution in [0.15, 0.2) is 12.4 Å². The Kier molecular flexibility index (Phi) is 3.64. The lowest BCUT2D eigenvalue weighted by Gasteiger charge is -2.15. The van der Waals surface area contributed by atoms with Gasteiger partial charge in [-0.25, -0.2) is 0 Å². The molecule has 1 heterocycles. The fourth-order valence-electron chi connectivity index (χ4n) is 1.09. The second kappa shape index (κ2) is 4.76. The zero-order valence-corrected chi connectivity index (χ0v) is 8.45. The van der Waals surface area contributed by atoms with Crippen LogP contribution in [0, 0.1) is 0 Å². The van der Waals surface area contributed by atoms with Gasteiger partial charge >= 0.3 is 0 Å². The number of rotatable bonds is 4. The van der Waals surface area contributed by atoms with Gasteiger partial charge in [0.1, 0.15) is 0 Å². The molecule has 0 bridgehead atoms. The van der Waals surface area contributed by atoms with E-state index in [4.69, 9.17) is 5.73 Å². The molecule has 1 amide bonds. The SMILES string of the molecule is CC[C@H](N)C(=O)NC(C)c1cn[nH]c1. The molecule has 0 aromatic carbocycles. The van der Waals surface area contributed by atoms with Crippen LogP contribution in [-0.4, -0.2) is 22.1 Å². The summed E-state index contributed by atoms with van der Waals surface area (Å²) in [6.45, 7) is 3.78. The van der Waals surface area contributed by atoms with E-state index in [0.29, 0.717) is 6.42 Å². The fourth-order valence-corrected chi connectivity index (χ4v) is 1.09. The van der Waals surface area contributed by atoms with Crippen LogP contribution in [0.3, 0.4) is 0 Å². The maximum Gasteiger partial charge on any atom is 0.237 e. The smallest absolute Gasteiger partial charge is 0.237 e. The molecular formula is C9H16N4O. The fraction of sp³-hybridized carbons (Fsp3) is 0.556. The van der Waals surface area contributed by atoms with Crippen LogP contribution in [0.2, 0.25) is 0 Å². The molecule has 0 spiro atoms. The number of amides is 1. The number of nitrogens with one attached hydrogen (secondary N) is 2. The quantitative estimate of drug-likeness (QED) is 0.648. The van der Waals surface area contributed by atoms with Gasteiger partial charge in [-0.15, -0.1) is 0 Å². The number of carbonyl (C=O) groups is 1. The summed E-state index contributed by atoms with van der Waals surface area (Å²) in [6, 6.07) is -0.483. The molecule has 5 heteroatoms. The predicted octanol–water partition coefficient (Wildman–Crippen LogP) is 0.324. The number of nitrogens with two attached hydrogens (primary N) is 1. The van der Waals surface area contributed by atoms with Gasteiger partial charge in [0.2, 0.25) is 5.91 Å². The van der Waals surface area contributed by atoms with E-state index < -0.39 is 6.04 Å². The molecule has 1 rings (SSSR count). The molecular weight excluding hydrogens is 180 g/mol. The lowest BCUT2D eigenvalue weighted by Crippen LogP contribution is -2.41. The highest BCUT2D eigenvalue weighted by molar-refractivity contribution is 5.81. The summed E-state index contributed by atoms with van der Waals surface area (Å²) < 4.78 is 0. The minimum Gasteiger partial charge on any atom is -0.348 e. The molecule has 5 nitrogen and oxygen atoms in total. The van der Waals surface area contributed by atoms with Crippen LogP contribution in [-0.2, 0) is 4.79 Å². The molecule has 78 valence electrons. The highest BCUT2D eigenvalue weighted by Gasteiger charge is 2.14. The molecule has 0 saturated carbocycles. The van der Waals surface area contributed by atoms with Gasteiger partial charge < -0.3 is 11.1 Å². The average molecular weight is 196 g/mol. The summed E-state index contributed by atoms with van der Waals surface area (Å²) >= 11 is 0. The molecule has 1 unspecified atom stereocenters. The highest BCUT2D eigenvalue weighted by atomic mass is 16.2. The first-order valence-electron chi connectivity index (χ1n) is 4.69. The largest absolute Gasteiger partial charge is 0.348 e. The maximum atomic E-state index is 11.4. The van der Waals surface area contributed by atoms with E-state index in [-0.39, 0.29) is 11.9 Å². The minimum atomic E-state index is -0.427. The first kappa shape index (κ1) is 10.7. The summed E-state index contributed by atoms with van der Waals surface area (Å²) in [4.78, 5) is 11.4. The number of hydrogen-bond acceptors (Lipinski definition) is 3. The monoisotopic (exact) mass is 196 g/mol. The number of aromatic nitrogens is 2. The van der Waals surface area contributed by atoms with Gasteiger partial charge in [-0.3, -0.25) is 9.89 Å². The molecule has 14 heavy (non-hydrogen) atoms. The van der Waals surface area contributed by atoms with Crippen molar-refractivity contribution in [1.29, 1.82) is 0 Å². The number of carbonyl (C=O) groups excluding carboxylic acids is 1. The van der Waals surface area contributed by atoms with Crippen LogP contribution in [0.25, 0.3) is 0 Å². The van der Waals surface area contributed by atoms with Crippen molar-refractivity contribution >= 4 is 5.91 Å². The van der Waals surface area contributed by atoms with Crippen LogP contribution < -0.4 is 11.1 Å². The van der Waals surface area contributed by atoms with Gasteiger partial charge in [0.05, 0.1) is 18.3 Å². The van der Waals surface area contributed by atoms with Crippen LogP contribution in [0.1, 0.15) is 31.9 Å². The lowest BCUT2D eigenvalue weighted by molar-refractivity contribution is -0.123. The minimum absolute atomic E-state index is 0.0566. The molecule has 2 atom stereocenters. The molecule has 1 aromatic heterocycles. The summed E-state index contributed by atoms with van der Waals surface area (Å²) in [5, 5.41) is 9.31. The number of nitrogens with zero attached hydrogens (tertiary/aromatic N) is 1. The second-order valence-corrected chi connectivity index (χ2v) is 3.28. The summed E-state index contributed by atoms with van der Waals surface area (Å²) in [6.07, 6.45) is 4.08. The maximum absolute atomic E-state index is 11.4. The van der Waals surface area contributed by atoms with Crippen LogP contribution >= 0.6 is 0 Å². The Bertz CT molecular complexity index is 283. The molecule has 0 aliphatic rings. The van der Waals surface area contributed by atoms with E-state index in [9.17, 15) is 4.79 Å². The first-order valence-corrected chi connectivity index (χ1v) is 4.69. The van der Waals surface area contributed by atoms with Crippen LogP contribution in [0.4, 0.5) is 0 Å². The predicted molar refractivity (Wildman–Crippen MR) is 53.4 cm³/mol. The third-order valence-corrected chi connectivity index (χ3v) is 2.15. The van der Waals surface area contributed by atoms with Crippen molar-refractivity contribution in [2.24, 2.45) is 5.73 Å². The summed E-state index contributed by atoms with van der Waals surface area (Å²) in [5.41, 5.74) is 6.53. The van der Waals surface area contributed by atoms with Crippen molar-refractivity contribution in [1.82, 2.24) is 15.5 Å². The topological polar surface area (TPSA) is 83.8 Å². The third kappa shape index (κ3) is 2.56. The van der Waals surface area contributed by atoms with Crippen LogP contribution in [0.5, 0.6) is 0 Å². The van der Waals surface area contributed by atoms with Crippen molar-refractivity contribution < 1.29 is 4.79 Å². The number of hydrogen-bond donors (Lipinski definition) is 3. The molecule has 0 saturated heterocycles. The van der Waals surface area contributed by atoms with Gasteiger partial charge in [-0.1, -0.05) is 6.92 Å². The summed E-state index contributed by atoms with van der Waals surface area (Å²) in [7, 11) is 0. The standard InChI is InChI=1S/C9H16N4O/c1-3-8(10)9(14)13-6(2)7-4-11-12-5-7/h4-6,8H,3,10H2,1-2H3,(H,11,12)(H,13,14)/t6?,8-/m0/s1. The Balaban J connectivity index is 2.49. The molecule has 0 aliphatic heterocycles. The zero-order valence-electron chi connectivity index (χ0n) is 8.45. The molecule has 1 aromatic rings. The summed E-state index contributed by atoms with van der Waals surface area (Å²) in [5.74, 6) is -0.124. The van der Waals surface area contributed by atoms with E-state index in [1.165, 1.54) is 0 Å². The third-order valence-electron chi connectivity index (χ3n) is 2.15. The zero-order chi connectivity index (χ0) is 10.6. The van der Waals surface area contributed by atoms with Gasteiger partial charge in [0.15, 0.2) is 0 Å². The first-order chi connectivity index (χ1) is 6.65. The van der Waals surface area contributed by atoms with E-state index >= 15 is 0 Å². The Morgan fingerprint density at radius 1 is 1.79 bits per heavy atom. The second-order valence-electron chi connectivity index (χ2n) is 3.28. The number of H-pyrrole nitrogens is 1. The van der Waals surface area contributed by atoms with Crippen molar-refractivity contribution in [3.8, 4) is 0 Å². The highest BCUT2D eigenvalue weighted by Crippen LogP contribution is 2.08.